The van der Waals surface area contributed by atoms with Gasteiger partial charge in [-0.15, -0.1) is 0 Å². The van der Waals surface area contributed by atoms with Crippen LogP contribution in [0.15, 0.2) is 41.4 Å². The molecule has 0 unspecified atom stereocenters. The van der Waals surface area contributed by atoms with E-state index < -0.39 is 11.6 Å². The summed E-state index contributed by atoms with van der Waals surface area (Å²) in [6.07, 6.45) is 1.73. The minimum Gasteiger partial charge on any atom is -0.354 e. The predicted octanol–water partition coefficient (Wildman–Crippen LogP) is 3.31. The lowest BCUT2D eigenvalue weighted by molar-refractivity contribution is 0.198. The van der Waals surface area contributed by atoms with Gasteiger partial charge in [-0.05, 0) is 48.7 Å². The number of piperidine rings is 1. The standard InChI is InChI=1S/C22H24F3N5/c1-27-22(28-13-17-10-15(12-26)2-4-19(17)23)29-18-6-8-30(9-7-18)14-16-3-5-20(24)21(25)11-16/h2-5,10-11,18H,6-9,13-14H2,1H3,(H2,27,28,29). The van der Waals surface area contributed by atoms with Crippen LogP contribution in [0, 0.1) is 28.8 Å². The molecule has 1 fully saturated rings. The molecular formula is C22H24F3N5. The fourth-order valence-electron chi connectivity index (χ4n) is 3.48. The highest BCUT2D eigenvalue weighted by Gasteiger charge is 2.20. The van der Waals surface area contributed by atoms with Crippen LogP contribution in [0.4, 0.5) is 13.2 Å². The van der Waals surface area contributed by atoms with E-state index in [2.05, 4.69) is 20.5 Å². The van der Waals surface area contributed by atoms with Crippen LogP contribution < -0.4 is 10.6 Å². The summed E-state index contributed by atoms with van der Waals surface area (Å²) in [6, 6.07) is 10.5. The molecule has 0 radical (unpaired) electrons. The molecule has 2 N–H and O–H groups in total. The smallest absolute Gasteiger partial charge is 0.191 e. The molecule has 1 saturated heterocycles. The molecule has 1 heterocycles. The van der Waals surface area contributed by atoms with Gasteiger partial charge in [0, 0.05) is 44.8 Å². The molecule has 0 aliphatic carbocycles. The zero-order chi connectivity index (χ0) is 21.5. The van der Waals surface area contributed by atoms with Crippen LogP contribution in [-0.4, -0.2) is 37.0 Å². The first-order chi connectivity index (χ1) is 14.5. The molecule has 3 rings (SSSR count). The first kappa shape index (κ1) is 21.7. The summed E-state index contributed by atoms with van der Waals surface area (Å²) in [5, 5.41) is 15.4. The van der Waals surface area contributed by atoms with E-state index >= 15 is 0 Å². The molecule has 1 aliphatic rings. The van der Waals surface area contributed by atoms with Gasteiger partial charge >= 0.3 is 0 Å². The quantitative estimate of drug-likeness (QED) is 0.581. The number of hydrogen-bond donors (Lipinski definition) is 2. The van der Waals surface area contributed by atoms with Gasteiger partial charge in [0.25, 0.3) is 0 Å². The number of rotatable bonds is 5. The van der Waals surface area contributed by atoms with Crippen LogP contribution in [0.5, 0.6) is 0 Å². The number of hydrogen-bond acceptors (Lipinski definition) is 3. The summed E-state index contributed by atoms with van der Waals surface area (Å²) in [4.78, 5) is 6.39. The van der Waals surface area contributed by atoms with Gasteiger partial charge in [0.1, 0.15) is 5.82 Å². The summed E-state index contributed by atoms with van der Waals surface area (Å²) >= 11 is 0. The molecule has 0 saturated carbocycles. The fourth-order valence-corrected chi connectivity index (χ4v) is 3.48. The first-order valence-electron chi connectivity index (χ1n) is 9.80. The van der Waals surface area contributed by atoms with Crippen LogP contribution >= 0.6 is 0 Å². The molecule has 0 atom stereocenters. The van der Waals surface area contributed by atoms with Crippen molar-refractivity contribution in [1.82, 2.24) is 15.5 Å². The number of nitriles is 1. The molecule has 30 heavy (non-hydrogen) atoms. The Balaban J connectivity index is 1.47. The maximum absolute atomic E-state index is 13.9. The van der Waals surface area contributed by atoms with Gasteiger partial charge in [-0.25, -0.2) is 13.2 Å². The highest BCUT2D eigenvalue weighted by atomic mass is 19.2. The minimum absolute atomic E-state index is 0.202. The normalized spacial score (nSPS) is 15.6. The van der Waals surface area contributed by atoms with Crippen molar-refractivity contribution in [2.45, 2.75) is 32.0 Å². The van der Waals surface area contributed by atoms with Gasteiger partial charge in [0.15, 0.2) is 17.6 Å². The summed E-state index contributed by atoms with van der Waals surface area (Å²) in [6.45, 7) is 2.42. The van der Waals surface area contributed by atoms with Crippen LogP contribution in [0.3, 0.4) is 0 Å². The molecule has 0 amide bonds. The SMILES string of the molecule is CN=C(NCc1cc(C#N)ccc1F)NC1CCN(Cc2ccc(F)c(F)c2)CC1. The van der Waals surface area contributed by atoms with Gasteiger partial charge in [0.05, 0.1) is 11.6 Å². The van der Waals surface area contributed by atoms with Crippen molar-refractivity contribution in [3.05, 3.63) is 70.5 Å². The average molecular weight is 415 g/mol. The highest BCUT2D eigenvalue weighted by Crippen LogP contribution is 2.16. The molecule has 2 aromatic carbocycles. The predicted molar refractivity (Wildman–Crippen MR) is 109 cm³/mol. The molecule has 0 spiro atoms. The van der Waals surface area contributed by atoms with Gasteiger partial charge in [-0.2, -0.15) is 5.26 Å². The molecule has 0 bridgehead atoms. The lowest BCUT2D eigenvalue weighted by Crippen LogP contribution is -2.48. The average Bonchev–Trinajstić information content (AvgIpc) is 2.76. The first-order valence-corrected chi connectivity index (χ1v) is 9.80. The van der Waals surface area contributed by atoms with Gasteiger partial charge in [-0.1, -0.05) is 6.07 Å². The minimum atomic E-state index is -0.834. The van der Waals surface area contributed by atoms with E-state index in [1.807, 2.05) is 6.07 Å². The van der Waals surface area contributed by atoms with E-state index in [-0.39, 0.29) is 18.4 Å². The lowest BCUT2D eigenvalue weighted by Gasteiger charge is -2.33. The van der Waals surface area contributed by atoms with Crippen LogP contribution in [0.2, 0.25) is 0 Å². The number of nitrogens with one attached hydrogen (secondary N) is 2. The van der Waals surface area contributed by atoms with Gasteiger partial charge < -0.3 is 10.6 Å². The highest BCUT2D eigenvalue weighted by molar-refractivity contribution is 5.80. The second-order valence-electron chi connectivity index (χ2n) is 7.29. The third-order valence-corrected chi connectivity index (χ3v) is 5.16. The maximum Gasteiger partial charge on any atom is 0.191 e. The molecule has 5 nitrogen and oxygen atoms in total. The van der Waals surface area contributed by atoms with E-state index in [0.29, 0.717) is 23.6 Å². The number of nitrogens with zero attached hydrogens (tertiary/aromatic N) is 3. The largest absolute Gasteiger partial charge is 0.354 e. The Morgan fingerprint density at radius 2 is 1.83 bits per heavy atom. The monoisotopic (exact) mass is 415 g/mol. The van der Waals surface area contributed by atoms with E-state index in [4.69, 9.17) is 5.26 Å². The summed E-state index contributed by atoms with van der Waals surface area (Å²) < 4.78 is 40.4. The summed E-state index contributed by atoms with van der Waals surface area (Å²) in [5.41, 5.74) is 1.56. The zero-order valence-electron chi connectivity index (χ0n) is 16.8. The summed E-state index contributed by atoms with van der Waals surface area (Å²) in [5.74, 6) is -1.46. The Morgan fingerprint density at radius 1 is 1.10 bits per heavy atom. The van der Waals surface area contributed by atoms with Crippen molar-refractivity contribution in [3.63, 3.8) is 0 Å². The fraction of sp³-hybridized carbons (Fsp3) is 0.364. The molecule has 8 heteroatoms. The Kier molecular flexibility index (Phi) is 7.31. The van der Waals surface area contributed by atoms with Crippen molar-refractivity contribution >= 4 is 5.96 Å². The number of guanidine groups is 1. The number of aliphatic imine (C=N–C) groups is 1. The molecule has 1 aliphatic heterocycles. The van der Waals surface area contributed by atoms with E-state index in [9.17, 15) is 13.2 Å². The van der Waals surface area contributed by atoms with Crippen molar-refractivity contribution in [2.24, 2.45) is 4.99 Å². The Bertz CT molecular complexity index is 946. The Labute approximate surface area is 174 Å². The van der Waals surface area contributed by atoms with Crippen molar-refractivity contribution in [3.8, 4) is 6.07 Å². The third-order valence-electron chi connectivity index (χ3n) is 5.16. The molecule has 158 valence electrons. The Morgan fingerprint density at radius 3 is 2.50 bits per heavy atom. The molecular weight excluding hydrogens is 391 g/mol. The zero-order valence-corrected chi connectivity index (χ0v) is 16.8. The molecule has 0 aromatic heterocycles. The Hall–Kier alpha value is -3.05. The van der Waals surface area contributed by atoms with Crippen molar-refractivity contribution in [1.29, 1.82) is 5.26 Å². The van der Waals surface area contributed by atoms with Crippen molar-refractivity contribution in [2.75, 3.05) is 20.1 Å². The van der Waals surface area contributed by atoms with Crippen LogP contribution in [0.25, 0.3) is 0 Å². The van der Waals surface area contributed by atoms with Crippen molar-refractivity contribution < 1.29 is 13.2 Å². The second kappa shape index (κ2) is 10.1. The number of likely N-dealkylation sites (tertiary alicyclic amines) is 1. The maximum atomic E-state index is 13.9. The van der Waals surface area contributed by atoms with E-state index in [1.165, 1.54) is 24.3 Å². The van der Waals surface area contributed by atoms with Crippen LogP contribution in [0.1, 0.15) is 29.5 Å². The topological polar surface area (TPSA) is 63.5 Å². The van der Waals surface area contributed by atoms with E-state index in [1.54, 1.807) is 13.1 Å². The third kappa shape index (κ3) is 5.74. The van der Waals surface area contributed by atoms with Gasteiger partial charge in [-0.3, -0.25) is 9.89 Å². The lowest BCUT2D eigenvalue weighted by atomic mass is 10.0. The second-order valence-corrected chi connectivity index (χ2v) is 7.29. The van der Waals surface area contributed by atoms with Gasteiger partial charge in [0.2, 0.25) is 0 Å². The summed E-state index contributed by atoms with van der Waals surface area (Å²) in [7, 11) is 1.65. The number of benzene rings is 2. The van der Waals surface area contributed by atoms with E-state index in [0.717, 1.165) is 37.6 Å². The van der Waals surface area contributed by atoms with Crippen LogP contribution in [-0.2, 0) is 13.1 Å². The molecule has 2 aromatic rings. The number of halogens is 3.